The number of anilines is 1. The van der Waals surface area contributed by atoms with Crippen molar-refractivity contribution in [2.24, 2.45) is 0 Å². The van der Waals surface area contributed by atoms with Crippen LogP contribution >= 0.6 is 7.44 Å². The van der Waals surface area contributed by atoms with Crippen LogP contribution in [0.2, 0.25) is 0 Å². The monoisotopic (exact) mass is 297 g/mol. The number of rotatable bonds is 4. The van der Waals surface area contributed by atoms with Crippen LogP contribution in [0.3, 0.4) is 0 Å². The molecule has 2 aromatic carbocycles. The lowest BCUT2D eigenvalue weighted by molar-refractivity contribution is 0.573. The molecule has 0 bridgehead atoms. The summed E-state index contributed by atoms with van der Waals surface area (Å²) in [7, 11) is -1.15. The van der Waals surface area contributed by atoms with Gasteiger partial charge in [-0.2, -0.15) is 0 Å². The van der Waals surface area contributed by atoms with Gasteiger partial charge in [0, 0.05) is 25.1 Å². The second-order valence-corrected chi connectivity index (χ2v) is 7.35. The van der Waals surface area contributed by atoms with E-state index < -0.39 is 7.44 Å². The fraction of sp³-hybridized carbons (Fsp3) is 0.0625. The van der Waals surface area contributed by atoms with E-state index in [1.807, 2.05) is 72.4 Å². The fourth-order valence-corrected chi connectivity index (χ4v) is 4.67. The molecule has 1 heterocycles. The average molecular weight is 297 g/mol. The first kappa shape index (κ1) is 13.7. The van der Waals surface area contributed by atoms with Gasteiger partial charge in [-0.15, -0.1) is 0 Å². The minimum atomic E-state index is -3.00. The van der Waals surface area contributed by atoms with Crippen LogP contribution < -0.4 is 9.97 Å². The van der Waals surface area contributed by atoms with Gasteiger partial charge < -0.3 is 4.67 Å². The van der Waals surface area contributed by atoms with Gasteiger partial charge in [-0.05, 0) is 24.3 Å². The Morgan fingerprint density at radius 2 is 1.62 bits per heavy atom. The summed E-state index contributed by atoms with van der Waals surface area (Å²) in [5, 5.41) is 0.773. The number of benzene rings is 2. The van der Waals surface area contributed by atoms with Crippen LogP contribution in [0.5, 0.6) is 0 Å². The highest BCUT2D eigenvalue weighted by Gasteiger charge is 2.32. The van der Waals surface area contributed by atoms with Crippen molar-refractivity contribution >= 4 is 18.4 Å². The van der Waals surface area contributed by atoms with E-state index in [0.717, 1.165) is 11.0 Å². The molecule has 0 saturated heterocycles. The second-order valence-electron chi connectivity index (χ2n) is 4.68. The quantitative estimate of drug-likeness (QED) is 0.693. The maximum atomic E-state index is 13.8. The van der Waals surface area contributed by atoms with E-state index in [2.05, 4.69) is 4.98 Å². The van der Waals surface area contributed by atoms with Gasteiger partial charge in [-0.25, -0.2) is 4.98 Å². The minimum Gasteiger partial charge on any atom is -0.306 e. The van der Waals surface area contributed by atoms with Crippen molar-refractivity contribution in [3.05, 3.63) is 79.4 Å². The Kier molecular flexibility index (Phi) is 3.63. The highest BCUT2D eigenvalue weighted by molar-refractivity contribution is 7.71. The summed E-state index contributed by atoms with van der Waals surface area (Å²) in [4.78, 5) is 4.05. The highest BCUT2D eigenvalue weighted by atomic mass is 31.2. The van der Waals surface area contributed by atoms with Crippen molar-refractivity contribution in [2.75, 3.05) is 11.7 Å². The summed E-state index contributed by atoms with van der Waals surface area (Å²) in [6, 6.07) is 19.2. The third-order valence-electron chi connectivity index (χ3n) is 3.43. The Labute approximate surface area is 124 Å². The molecule has 0 aliphatic rings. The van der Waals surface area contributed by atoms with Gasteiger partial charge >= 0.3 is 0 Å². The van der Waals surface area contributed by atoms with Crippen LogP contribution in [-0.4, -0.2) is 16.4 Å². The third kappa shape index (κ3) is 2.39. The largest absolute Gasteiger partial charge is 0.306 e. The molecule has 0 amide bonds. The lowest BCUT2D eigenvalue weighted by Gasteiger charge is -2.31. The summed E-state index contributed by atoms with van der Waals surface area (Å²) in [5.74, 6) is 0. The average Bonchev–Trinajstić information content (AvgIpc) is 3.10. The van der Waals surface area contributed by atoms with Crippen molar-refractivity contribution in [3.8, 4) is 0 Å². The Balaban J connectivity index is 2.16. The lowest BCUT2D eigenvalue weighted by atomic mass is 10.3. The van der Waals surface area contributed by atoms with E-state index in [-0.39, 0.29) is 0 Å². The van der Waals surface area contributed by atoms with E-state index >= 15 is 0 Å². The van der Waals surface area contributed by atoms with Crippen LogP contribution in [0.25, 0.3) is 0 Å². The van der Waals surface area contributed by atoms with Crippen molar-refractivity contribution in [2.45, 2.75) is 0 Å². The molecular weight excluding hydrogens is 281 g/mol. The van der Waals surface area contributed by atoms with Crippen LogP contribution in [0.15, 0.2) is 79.4 Å². The van der Waals surface area contributed by atoms with Crippen LogP contribution in [0.1, 0.15) is 0 Å². The van der Waals surface area contributed by atoms with E-state index in [0.29, 0.717) is 0 Å². The van der Waals surface area contributed by atoms with Crippen molar-refractivity contribution in [1.82, 2.24) is 9.32 Å². The molecule has 0 radical (unpaired) electrons. The van der Waals surface area contributed by atoms with Gasteiger partial charge in [0.1, 0.15) is 6.33 Å². The third-order valence-corrected chi connectivity index (χ3v) is 6.31. The lowest BCUT2D eigenvalue weighted by Crippen LogP contribution is -2.26. The highest BCUT2D eigenvalue weighted by Crippen LogP contribution is 2.50. The number of imidazole rings is 1. The normalized spacial score (nSPS) is 13.6. The number of hydrogen-bond acceptors (Lipinski definition) is 2. The smallest absolute Gasteiger partial charge is 0.297 e. The number of para-hydroxylation sites is 1. The zero-order valence-corrected chi connectivity index (χ0v) is 12.6. The molecule has 0 aliphatic carbocycles. The van der Waals surface area contributed by atoms with Gasteiger partial charge in [0.25, 0.3) is 7.44 Å². The Morgan fingerprint density at radius 3 is 2.19 bits per heavy atom. The first-order valence-corrected chi connectivity index (χ1v) is 8.28. The summed E-state index contributed by atoms with van der Waals surface area (Å²) < 4.78 is 17.3. The standard InChI is InChI=1S/C16H16N3OP/c1-18(15-8-4-2-5-9-15)21(20,19-13-12-17-14-19)16-10-6-3-7-11-16/h2-14H,1H3. The number of hydrogen-bond donors (Lipinski definition) is 0. The van der Waals surface area contributed by atoms with Crippen molar-refractivity contribution in [1.29, 1.82) is 0 Å². The SMILES string of the molecule is CN(c1ccccc1)P(=O)(c1ccccc1)n1ccnc1. The maximum Gasteiger partial charge on any atom is 0.297 e. The summed E-state index contributed by atoms with van der Waals surface area (Å²) in [6.45, 7) is 0. The van der Waals surface area contributed by atoms with Gasteiger partial charge in [-0.1, -0.05) is 36.4 Å². The topological polar surface area (TPSA) is 38.1 Å². The zero-order valence-electron chi connectivity index (χ0n) is 11.7. The predicted octanol–water partition coefficient (Wildman–Crippen LogP) is 3.39. The van der Waals surface area contributed by atoms with Crippen molar-refractivity contribution < 1.29 is 4.57 Å². The molecule has 4 nitrogen and oxygen atoms in total. The molecule has 0 N–H and O–H groups in total. The zero-order chi connectivity index (χ0) is 14.7. The number of aromatic nitrogens is 2. The number of nitrogens with zero attached hydrogens (tertiary/aromatic N) is 3. The van der Waals surface area contributed by atoms with Gasteiger partial charge in [0.15, 0.2) is 0 Å². The molecule has 106 valence electrons. The molecular formula is C16H16N3OP. The van der Waals surface area contributed by atoms with Crippen LogP contribution in [0.4, 0.5) is 5.69 Å². The van der Waals surface area contributed by atoms with Gasteiger partial charge in [0.05, 0.1) is 5.30 Å². The summed E-state index contributed by atoms with van der Waals surface area (Å²) in [6.07, 6.45) is 4.99. The molecule has 0 saturated carbocycles. The summed E-state index contributed by atoms with van der Waals surface area (Å²) in [5.41, 5.74) is 0.901. The first-order chi connectivity index (χ1) is 10.2. The molecule has 1 aromatic heterocycles. The molecule has 3 aromatic rings. The fourth-order valence-electron chi connectivity index (χ4n) is 2.30. The molecule has 0 spiro atoms. The van der Waals surface area contributed by atoms with Gasteiger partial charge in [-0.3, -0.25) is 8.90 Å². The van der Waals surface area contributed by atoms with Crippen LogP contribution in [-0.2, 0) is 4.57 Å². The predicted molar refractivity (Wildman–Crippen MR) is 86.2 cm³/mol. The Bertz CT molecular complexity index is 742. The molecule has 5 heteroatoms. The maximum absolute atomic E-state index is 13.8. The van der Waals surface area contributed by atoms with Gasteiger partial charge in [0.2, 0.25) is 0 Å². The molecule has 21 heavy (non-hydrogen) atoms. The molecule has 0 fully saturated rings. The van der Waals surface area contributed by atoms with E-state index in [9.17, 15) is 4.57 Å². The van der Waals surface area contributed by atoms with Crippen molar-refractivity contribution in [3.63, 3.8) is 0 Å². The second kappa shape index (κ2) is 5.58. The Morgan fingerprint density at radius 1 is 1.00 bits per heavy atom. The first-order valence-electron chi connectivity index (χ1n) is 6.66. The summed E-state index contributed by atoms with van der Waals surface area (Å²) >= 11 is 0. The molecule has 1 unspecified atom stereocenters. The Hall–Kier alpha value is -2.32. The van der Waals surface area contributed by atoms with E-state index in [4.69, 9.17) is 0 Å². The minimum absolute atomic E-state index is 0.773. The molecule has 0 aliphatic heterocycles. The van der Waals surface area contributed by atoms with Crippen LogP contribution in [0, 0.1) is 0 Å². The van der Waals surface area contributed by atoms with E-state index in [1.54, 1.807) is 23.1 Å². The molecule has 3 rings (SSSR count). The molecule has 1 atom stereocenters. The van der Waals surface area contributed by atoms with E-state index in [1.165, 1.54) is 0 Å².